The summed E-state index contributed by atoms with van der Waals surface area (Å²) in [4.78, 5) is 25.6. The number of carbonyl (C=O) groups is 2. The number of anilines is 1. The highest BCUT2D eigenvalue weighted by atomic mass is 19.1. The first-order valence-electron chi connectivity index (χ1n) is 6.72. The van der Waals surface area contributed by atoms with Crippen LogP contribution in [0.5, 0.6) is 0 Å². The second-order valence-electron chi connectivity index (χ2n) is 5.31. The number of carboxylic acids is 1. The van der Waals surface area contributed by atoms with Crippen molar-refractivity contribution in [2.75, 3.05) is 11.4 Å². The van der Waals surface area contributed by atoms with E-state index in [9.17, 15) is 19.1 Å². The Kier molecular flexibility index (Phi) is 3.79. The third kappa shape index (κ3) is 2.40. The van der Waals surface area contributed by atoms with Crippen molar-refractivity contribution >= 4 is 17.6 Å². The van der Waals surface area contributed by atoms with Crippen LogP contribution < -0.4 is 4.90 Å². The van der Waals surface area contributed by atoms with Crippen LogP contribution in [0.3, 0.4) is 0 Å². The molecule has 1 fully saturated rings. The molecule has 0 aliphatic heterocycles. The summed E-state index contributed by atoms with van der Waals surface area (Å²) in [5.74, 6) is -2.02. The van der Waals surface area contributed by atoms with Crippen LogP contribution in [0.4, 0.5) is 10.1 Å². The van der Waals surface area contributed by atoms with Crippen molar-refractivity contribution in [3.05, 3.63) is 30.1 Å². The van der Waals surface area contributed by atoms with Gasteiger partial charge in [-0.2, -0.15) is 0 Å². The summed E-state index contributed by atoms with van der Waals surface area (Å²) in [5, 5.41) is 9.44. The lowest BCUT2D eigenvalue weighted by Crippen LogP contribution is -2.48. The number of aliphatic carboxylic acids is 1. The van der Waals surface area contributed by atoms with E-state index in [0.29, 0.717) is 12.2 Å². The van der Waals surface area contributed by atoms with Crippen molar-refractivity contribution in [1.29, 1.82) is 0 Å². The molecule has 0 saturated heterocycles. The number of carboxylic acid groups (broad SMARTS) is 1. The van der Waals surface area contributed by atoms with Gasteiger partial charge in [-0.05, 0) is 56.9 Å². The van der Waals surface area contributed by atoms with Gasteiger partial charge in [-0.25, -0.2) is 4.39 Å². The van der Waals surface area contributed by atoms with E-state index in [1.54, 1.807) is 6.92 Å². The highest BCUT2D eigenvalue weighted by Crippen LogP contribution is 2.47. The Morgan fingerprint density at radius 2 is 1.90 bits per heavy atom. The standard InChI is InChI=1S/C15H18FNO3/c1-3-17(12-8-6-11(16)7-9-12)13(18)15(2,14(19)20)10-4-5-10/h6-10H,3-5H2,1-2H3,(H,19,20). The first-order valence-corrected chi connectivity index (χ1v) is 6.72. The zero-order chi connectivity index (χ0) is 14.9. The zero-order valence-corrected chi connectivity index (χ0v) is 11.6. The molecule has 1 unspecified atom stereocenters. The second-order valence-corrected chi connectivity index (χ2v) is 5.31. The predicted molar refractivity (Wildman–Crippen MR) is 72.9 cm³/mol. The number of hydrogen-bond acceptors (Lipinski definition) is 2. The summed E-state index contributed by atoms with van der Waals surface area (Å²) in [6, 6.07) is 5.51. The quantitative estimate of drug-likeness (QED) is 0.843. The Labute approximate surface area is 117 Å². The van der Waals surface area contributed by atoms with Gasteiger partial charge in [0.05, 0.1) is 0 Å². The van der Waals surface area contributed by atoms with Crippen LogP contribution in [0, 0.1) is 17.2 Å². The van der Waals surface area contributed by atoms with Crippen LogP contribution in [0.2, 0.25) is 0 Å². The van der Waals surface area contributed by atoms with Gasteiger partial charge >= 0.3 is 5.97 Å². The fourth-order valence-electron chi connectivity index (χ4n) is 2.45. The van der Waals surface area contributed by atoms with Crippen molar-refractivity contribution in [2.24, 2.45) is 11.3 Å². The number of carbonyl (C=O) groups excluding carboxylic acids is 1. The van der Waals surface area contributed by atoms with Crippen LogP contribution >= 0.6 is 0 Å². The smallest absolute Gasteiger partial charge is 0.319 e. The van der Waals surface area contributed by atoms with E-state index in [-0.39, 0.29) is 11.7 Å². The first-order chi connectivity index (χ1) is 9.41. The summed E-state index contributed by atoms with van der Waals surface area (Å²) < 4.78 is 13.0. The monoisotopic (exact) mass is 279 g/mol. The van der Waals surface area contributed by atoms with Crippen LogP contribution in [0.25, 0.3) is 0 Å². The molecule has 20 heavy (non-hydrogen) atoms. The van der Waals surface area contributed by atoms with Crippen LogP contribution in [-0.2, 0) is 9.59 Å². The van der Waals surface area contributed by atoms with Gasteiger partial charge in [0.25, 0.3) is 0 Å². The summed E-state index contributed by atoms with van der Waals surface area (Å²) in [7, 11) is 0. The normalized spacial score (nSPS) is 17.4. The van der Waals surface area contributed by atoms with Crippen molar-refractivity contribution in [1.82, 2.24) is 0 Å². The van der Waals surface area contributed by atoms with Crippen molar-refractivity contribution < 1.29 is 19.1 Å². The lowest BCUT2D eigenvalue weighted by molar-refractivity contribution is -0.155. The molecule has 0 aromatic heterocycles. The SMILES string of the molecule is CCN(C(=O)C(C)(C(=O)O)C1CC1)c1ccc(F)cc1. The van der Waals surface area contributed by atoms with Crippen LogP contribution in [0.1, 0.15) is 26.7 Å². The molecule has 2 rings (SSSR count). The molecule has 1 N–H and O–H groups in total. The van der Waals surface area contributed by atoms with Crippen LogP contribution in [0.15, 0.2) is 24.3 Å². The Morgan fingerprint density at radius 3 is 2.30 bits per heavy atom. The minimum absolute atomic E-state index is 0.109. The Balaban J connectivity index is 2.33. The molecule has 5 heteroatoms. The number of benzene rings is 1. The molecule has 1 aromatic rings. The zero-order valence-electron chi connectivity index (χ0n) is 11.6. The molecule has 0 bridgehead atoms. The average molecular weight is 279 g/mol. The predicted octanol–water partition coefficient (Wildman–Crippen LogP) is 2.68. The molecule has 1 aliphatic carbocycles. The highest BCUT2D eigenvalue weighted by molar-refractivity contribution is 6.09. The van der Waals surface area contributed by atoms with E-state index in [1.165, 1.54) is 36.1 Å². The fraction of sp³-hybridized carbons (Fsp3) is 0.467. The van der Waals surface area contributed by atoms with Gasteiger partial charge in [-0.1, -0.05) is 0 Å². The molecule has 1 amide bonds. The molecule has 4 nitrogen and oxygen atoms in total. The molecular weight excluding hydrogens is 261 g/mol. The average Bonchev–Trinajstić information content (AvgIpc) is 3.25. The van der Waals surface area contributed by atoms with Gasteiger partial charge in [0, 0.05) is 12.2 Å². The third-order valence-electron chi connectivity index (χ3n) is 3.98. The van der Waals surface area contributed by atoms with E-state index in [2.05, 4.69) is 0 Å². The van der Waals surface area contributed by atoms with Crippen molar-refractivity contribution in [2.45, 2.75) is 26.7 Å². The number of hydrogen-bond donors (Lipinski definition) is 1. The summed E-state index contributed by atoms with van der Waals surface area (Å²) in [6.45, 7) is 3.61. The lowest BCUT2D eigenvalue weighted by atomic mass is 9.83. The molecule has 1 aromatic carbocycles. The van der Waals surface area contributed by atoms with Gasteiger partial charge in [0.15, 0.2) is 0 Å². The maximum Gasteiger partial charge on any atom is 0.319 e. The molecule has 0 spiro atoms. The number of nitrogens with zero attached hydrogens (tertiary/aromatic N) is 1. The van der Waals surface area contributed by atoms with E-state index >= 15 is 0 Å². The Morgan fingerprint density at radius 1 is 1.35 bits per heavy atom. The molecule has 1 atom stereocenters. The minimum Gasteiger partial charge on any atom is -0.480 e. The first kappa shape index (κ1) is 14.5. The fourth-order valence-corrected chi connectivity index (χ4v) is 2.45. The summed E-state index contributed by atoms with van der Waals surface area (Å²) in [5.41, 5.74) is -0.878. The molecule has 0 radical (unpaired) electrons. The van der Waals surface area contributed by atoms with E-state index < -0.39 is 17.3 Å². The Hall–Kier alpha value is -1.91. The van der Waals surface area contributed by atoms with Gasteiger partial charge < -0.3 is 10.0 Å². The molecule has 0 heterocycles. The molecule has 108 valence electrons. The Bertz CT molecular complexity index is 524. The highest BCUT2D eigenvalue weighted by Gasteiger charge is 2.54. The minimum atomic E-state index is -1.40. The summed E-state index contributed by atoms with van der Waals surface area (Å²) in [6.07, 6.45) is 1.52. The van der Waals surface area contributed by atoms with Crippen molar-refractivity contribution in [3.8, 4) is 0 Å². The third-order valence-corrected chi connectivity index (χ3v) is 3.98. The van der Waals surface area contributed by atoms with E-state index in [0.717, 1.165) is 12.8 Å². The number of amides is 1. The second kappa shape index (κ2) is 5.23. The lowest BCUT2D eigenvalue weighted by Gasteiger charge is -2.31. The largest absolute Gasteiger partial charge is 0.480 e. The topological polar surface area (TPSA) is 57.6 Å². The maximum absolute atomic E-state index is 13.0. The summed E-state index contributed by atoms with van der Waals surface area (Å²) >= 11 is 0. The number of halogens is 1. The van der Waals surface area contributed by atoms with Crippen molar-refractivity contribution in [3.63, 3.8) is 0 Å². The molecule has 1 saturated carbocycles. The van der Waals surface area contributed by atoms with E-state index in [4.69, 9.17) is 0 Å². The van der Waals surface area contributed by atoms with Crippen LogP contribution in [-0.4, -0.2) is 23.5 Å². The van der Waals surface area contributed by atoms with E-state index in [1.807, 2.05) is 0 Å². The number of rotatable bonds is 5. The van der Waals surface area contributed by atoms with Gasteiger partial charge in [0.1, 0.15) is 11.2 Å². The maximum atomic E-state index is 13.0. The molecule has 1 aliphatic rings. The molecular formula is C15H18FNO3. The van der Waals surface area contributed by atoms with Gasteiger partial charge in [-0.3, -0.25) is 9.59 Å². The van der Waals surface area contributed by atoms with Gasteiger partial charge in [0.2, 0.25) is 5.91 Å². The van der Waals surface area contributed by atoms with Gasteiger partial charge in [-0.15, -0.1) is 0 Å².